The van der Waals surface area contributed by atoms with Gasteiger partial charge in [0.25, 0.3) is 11.5 Å². The van der Waals surface area contributed by atoms with Gasteiger partial charge in [-0.3, -0.25) is 14.2 Å². The summed E-state index contributed by atoms with van der Waals surface area (Å²) in [7, 11) is 2.84. The molecule has 3 aromatic rings. The van der Waals surface area contributed by atoms with Gasteiger partial charge in [-0.15, -0.1) is 0 Å². The molecule has 0 atom stereocenters. The lowest BCUT2D eigenvalue weighted by Gasteiger charge is -2.10. The van der Waals surface area contributed by atoms with E-state index in [1.54, 1.807) is 30.3 Å². The van der Waals surface area contributed by atoms with Crippen molar-refractivity contribution in [3.05, 3.63) is 80.6 Å². The summed E-state index contributed by atoms with van der Waals surface area (Å²) in [5.74, 6) is -0.0773. The topological polar surface area (TPSA) is 95.2 Å². The van der Waals surface area contributed by atoms with Crippen molar-refractivity contribution in [1.82, 2.24) is 14.3 Å². The fourth-order valence-electron chi connectivity index (χ4n) is 2.67. The van der Waals surface area contributed by atoms with E-state index >= 15 is 0 Å². The van der Waals surface area contributed by atoms with Gasteiger partial charge < -0.3 is 10.1 Å². The lowest BCUT2D eigenvalue weighted by atomic mass is 10.1. The molecule has 8 heteroatoms. The summed E-state index contributed by atoms with van der Waals surface area (Å²) in [5.41, 5.74) is 0.208. The van der Waals surface area contributed by atoms with Gasteiger partial charge >= 0.3 is 5.69 Å². The summed E-state index contributed by atoms with van der Waals surface area (Å²) in [6.45, 7) is 2.00. The summed E-state index contributed by atoms with van der Waals surface area (Å²) < 4.78 is 6.97. The number of hydrogen-bond donors (Lipinski definition) is 1. The number of nitrogens with zero attached hydrogens (tertiary/aromatic N) is 3. The highest BCUT2D eigenvalue weighted by Crippen LogP contribution is 2.14. The molecule has 0 aliphatic heterocycles. The van der Waals surface area contributed by atoms with Crippen molar-refractivity contribution in [2.75, 3.05) is 12.4 Å². The summed E-state index contributed by atoms with van der Waals surface area (Å²) in [5, 5.41) is 6.68. The highest BCUT2D eigenvalue weighted by Gasteiger charge is 2.19. The van der Waals surface area contributed by atoms with E-state index in [9.17, 15) is 14.4 Å². The number of aromatic nitrogens is 3. The Balaban J connectivity index is 2.02. The molecule has 1 aromatic heterocycles. The Kier molecular flexibility index (Phi) is 5.39. The quantitative estimate of drug-likeness (QED) is 0.728. The maximum absolute atomic E-state index is 12.7. The van der Waals surface area contributed by atoms with Gasteiger partial charge in [0.05, 0.1) is 12.8 Å². The predicted octanol–water partition coefficient (Wildman–Crippen LogP) is 1.75. The maximum Gasteiger partial charge on any atom is 0.351 e. The van der Waals surface area contributed by atoms with E-state index in [0.29, 0.717) is 17.1 Å². The van der Waals surface area contributed by atoms with Gasteiger partial charge in [-0.25, -0.2) is 4.79 Å². The van der Waals surface area contributed by atoms with E-state index in [1.807, 2.05) is 25.1 Å². The second kappa shape index (κ2) is 7.91. The zero-order valence-electron chi connectivity index (χ0n) is 15.8. The molecule has 1 amide bonds. The van der Waals surface area contributed by atoms with E-state index < -0.39 is 17.2 Å². The Morgan fingerprint density at radius 2 is 1.86 bits per heavy atom. The third-order valence-electron chi connectivity index (χ3n) is 4.30. The summed E-state index contributed by atoms with van der Waals surface area (Å²) >= 11 is 0. The van der Waals surface area contributed by atoms with Crippen LogP contribution < -0.4 is 21.3 Å². The highest BCUT2D eigenvalue weighted by molar-refractivity contribution is 6.02. The first kappa shape index (κ1) is 19.1. The number of carbonyl (C=O) groups is 1. The molecule has 2 aromatic carbocycles. The van der Waals surface area contributed by atoms with Crippen LogP contribution in [0.4, 0.5) is 5.69 Å². The van der Waals surface area contributed by atoms with Gasteiger partial charge in [-0.05, 0) is 48.4 Å². The van der Waals surface area contributed by atoms with Crippen molar-refractivity contribution in [2.24, 2.45) is 7.05 Å². The fraction of sp³-hybridized carbons (Fsp3) is 0.200. The van der Waals surface area contributed by atoms with Crippen LogP contribution in [0.5, 0.6) is 5.75 Å². The van der Waals surface area contributed by atoms with E-state index in [-0.39, 0.29) is 5.69 Å². The van der Waals surface area contributed by atoms with Crippen LogP contribution in [-0.2, 0) is 13.5 Å². The van der Waals surface area contributed by atoms with Gasteiger partial charge in [0.1, 0.15) is 5.75 Å². The monoisotopic (exact) mass is 380 g/mol. The molecular formula is C20H20N4O4. The standard InChI is InChI=1S/C20H20N4O4/c1-4-13-6-5-7-14(12-13)21-18(25)17-19(26)23(2)20(27)24(22-17)15-8-10-16(28-3)11-9-15/h5-12H,4H2,1-3H3,(H,21,25). The molecule has 0 aliphatic carbocycles. The van der Waals surface area contributed by atoms with Crippen LogP contribution in [0.15, 0.2) is 58.1 Å². The van der Waals surface area contributed by atoms with Crippen LogP contribution in [-0.4, -0.2) is 27.4 Å². The largest absolute Gasteiger partial charge is 0.497 e. The lowest BCUT2D eigenvalue weighted by molar-refractivity contribution is 0.101. The molecule has 8 nitrogen and oxygen atoms in total. The minimum absolute atomic E-state index is 0.375. The molecule has 28 heavy (non-hydrogen) atoms. The molecule has 0 radical (unpaired) electrons. The minimum Gasteiger partial charge on any atom is -0.497 e. The number of methoxy groups -OCH3 is 1. The number of benzene rings is 2. The van der Waals surface area contributed by atoms with Gasteiger partial charge in [-0.1, -0.05) is 19.1 Å². The second-order valence-corrected chi connectivity index (χ2v) is 6.11. The molecule has 1 heterocycles. The van der Waals surface area contributed by atoms with Gasteiger partial charge in [0.15, 0.2) is 0 Å². The van der Waals surface area contributed by atoms with E-state index in [0.717, 1.165) is 21.2 Å². The summed E-state index contributed by atoms with van der Waals surface area (Å²) in [4.78, 5) is 37.6. The molecule has 0 aliphatic rings. The highest BCUT2D eigenvalue weighted by atomic mass is 16.5. The number of hydrogen-bond acceptors (Lipinski definition) is 5. The number of nitrogens with one attached hydrogen (secondary N) is 1. The maximum atomic E-state index is 12.7. The van der Waals surface area contributed by atoms with Gasteiger partial charge in [0.2, 0.25) is 5.69 Å². The zero-order valence-corrected chi connectivity index (χ0v) is 15.8. The molecule has 1 N–H and O–H groups in total. The van der Waals surface area contributed by atoms with Gasteiger partial charge in [0, 0.05) is 12.7 Å². The number of carbonyl (C=O) groups excluding carboxylic acids is 1. The number of anilines is 1. The Bertz CT molecular complexity index is 1130. The fourth-order valence-corrected chi connectivity index (χ4v) is 2.67. The van der Waals surface area contributed by atoms with Crippen LogP contribution in [0, 0.1) is 0 Å². The average molecular weight is 380 g/mol. The Labute approximate surface area is 161 Å². The summed E-state index contributed by atoms with van der Waals surface area (Å²) in [6, 6.07) is 13.8. The molecule has 144 valence electrons. The normalized spacial score (nSPS) is 10.5. The molecule has 0 unspecified atom stereocenters. The number of aryl methyl sites for hydroxylation is 1. The first-order chi connectivity index (χ1) is 13.4. The van der Waals surface area contributed by atoms with Crippen LogP contribution in [0.2, 0.25) is 0 Å². The van der Waals surface area contributed by atoms with Crippen LogP contribution in [0.1, 0.15) is 23.0 Å². The molecular weight excluding hydrogens is 360 g/mol. The average Bonchev–Trinajstić information content (AvgIpc) is 2.72. The molecule has 0 fully saturated rings. The van der Waals surface area contributed by atoms with E-state index in [4.69, 9.17) is 4.74 Å². The second-order valence-electron chi connectivity index (χ2n) is 6.11. The smallest absolute Gasteiger partial charge is 0.351 e. The number of rotatable bonds is 5. The van der Waals surface area contributed by atoms with Crippen molar-refractivity contribution < 1.29 is 9.53 Å². The lowest BCUT2D eigenvalue weighted by Crippen LogP contribution is -2.43. The molecule has 0 spiro atoms. The molecule has 0 saturated carbocycles. The van der Waals surface area contributed by atoms with Crippen LogP contribution in [0.3, 0.4) is 0 Å². The Morgan fingerprint density at radius 1 is 1.14 bits per heavy atom. The van der Waals surface area contributed by atoms with Crippen LogP contribution >= 0.6 is 0 Å². The van der Waals surface area contributed by atoms with Crippen molar-refractivity contribution >= 4 is 11.6 Å². The van der Waals surface area contributed by atoms with Gasteiger partial charge in [-0.2, -0.15) is 9.78 Å². The SMILES string of the molecule is CCc1cccc(NC(=O)c2nn(-c3ccc(OC)cc3)c(=O)n(C)c2=O)c1. The van der Waals surface area contributed by atoms with Crippen molar-refractivity contribution in [3.8, 4) is 11.4 Å². The third-order valence-corrected chi connectivity index (χ3v) is 4.30. The molecule has 0 saturated heterocycles. The number of ether oxygens (including phenoxy) is 1. The molecule has 0 bridgehead atoms. The Hall–Kier alpha value is -3.68. The van der Waals surface area contributed by atoms with Crippen molar-refractivity contribution in [3.63, 3.8) is 0 Å². The number of amides is 1. The predicted molar refractivity (Wildman–Crippen MR) is 105 cm³/mol. The van der Waals surface area contributed by atoms with E-state index in [1.165, 1.54) is 14.2 Å². The third kappa shape index (κ3) is 3.71. The first-order valence-electron chi connectivity index (χ1n) is 8.69. The van der Waals surface area contributed by atoms with Crippen LogP contribution in [0.25, 0.3) is 5.69 Å². The van der Waals surface area contributed by atoms with Crippen molar-refractivity contribution in [1.29, 1.82) is 0 Å². The van der Waals surface area contributed by atoms with E-state index in [2.05, 4.69) is 10.4 Å². The summed E-state index contributed by atoms with van der Waals surface area (Å²) in [6.07, 6.45) is 0.812. The zero-order chi connectivity index (χ0) is 20.3. The van der Waals surface area contributed by atoms with Crippen molar-refractivity contribution in [2.45, 2.75) is 13.3 Å². The first-order valence-corrected chi connectivity index (χ1v) is 8.69. The Morgan fingerprint density at radius 3 is 2.50 bits per heavy atom. The molecule has 3 rings (SSSR count). The minimum atomic E-state index is -0.765.